The smallest absolute Gasteiger partial charge is 0.263 e. The van der Waals surface area contributed by atoms with Crippen LogP contribution in [0.15, 0.2) is 58.2 Å². The SMILES string of the molecule is Cc1ccc(SC[C@@H]2CNc3nc4ccccc4c(=O)n32)cc1. The predicted octanol–water partition coefficient (Wildman–Crippen LogP) is 3.46. The van der Waals surface area contributed by atoms with Gasteiger partial charge in [-0.25, -0.2) is 4.98 Å². The van der Waals surface area contributed by atoms with Crippen LogP contribution in [-0.2, 0) is 0 Å². The summed E-state index contributed by atoms with van der Waals surface area (Å²) in [5.74, 6) is 1.53. The fourth-order valence-corrected chi connectivity index (χ4v) is 3.85. The highest BCUT2D eigenvalue weighted by Crippen LogP contribution is 2.28. The summed E-state index contributed by atoms with van der Waals surface area (Å²) >= 11 is 1.78. The van der Waals surface area contributed by atoms with E-state index in [2.05, 4.69) is 41.5 Å². The van der Waals surface area contributed by atoms with E-state index in [1.54, 1.807) is 11.8 Å². The Kier molecular flexibility index (Phi) is 3.58. The number of benzene rings is 2. The fraction of sp³-hybridized carbons (Fsp3) is 0.222. The summed E-state index contributed by atoms with van der Waals surface area (Å²) in [6.45, 7) is 2.83. The van der Waals surface area contributed by atoms with Gasteiger partial charge in [0.15, 0.2) is 0 Å². The molecular formula is C18H17N3OS. The lowest BCUT2D eigenvalue weighted by Gasteiger charge is -2.13. The quantitative estimate of drug-likeness (QED) is 0.750. The number of aryl methyl sites for hydroxylation is 1. The van der Waals surface area contributed by atoms with Crippen molar-refractivity contribution >= 4 is 28.6 Å². The van der Waals surface area contributed by atoms with Crippen LogP contribution >= 0.6 is 11.8 Å². The average Bonchev–Trinajstić information content (AvgIpc) is 2.98. The Bertz CT molecular complexity index is 918. The number of fused-ring (bicyclic) bond motifs is 2. The van der Waals surface area contributed by atoms with Gasteiger partial charge in [0.25, 0.3) is 5.56 Å². The maximum atomic E-state index is 12.8. The highest BCUT2D eigenvalue weighted by molar-refractivity contribution is 7.99. The van der Waals surface area contributed by atoms with E-state index in [-0.39, 0.29) is 11.6 Å². The van der Waals surface area contributed by atoms with Crippen LogP contribution in [0, 0.1) is 6.92 Å². The Morgan fingerprint density at radius 1 is 1.22 bits per heavy atom. The van der Waals surface area contributed by atoms with E-state index in [0.717, 1.165) is 17.8 Å². The number of anilines is 1. The second-order valence-corrected chi connectivity index (χ2v) is 6.88. The zero-order valence-electron chi connectivity index (χ0n) is 12.8. The molecule has 3 aromatic rings. The van der Waals surface area contributed by atoms with Gasteiger partial charge in [0, 0.05) is 17.2 Å². The summed E-state index contributed by atoms with van der Waals surface area (Å²) in [7, 11) is 0. The van der Waals surface area contributed by atoms with Gasteiger partial charge < -0.3 is 5.32 Å². The van der Waals surface area contributed by atoms with Crippen molar-refractivity contribution in [2.75, 3.05) is 17.6 Å². The van der Waals surface area contributed by atoms with Crippen LogP contribution in [0.3, 0.4) is 0 Å². The maximum absolute atomic E-state index is 12.8. The average molecular weight is 323 g/mol. The van der Waals surface area contributed by atoms with E-state index in [1.807, 2.05) is 28.8 Å². The monoisotopic (exact) mass is 323 g/mol. The van der Waals surface area contributed by atoms with Gasteiger partial charge in [-0.05, 0) is 31.2 Å². The molecule has 1 aliphatic rings. The van der Waals surface area contributed by atoms with Crippen LogP contribution in [-0.4, -0.2) is 21.8 Å². The summed E-state index contributed by atoms with van der Waals surface area (Å²) < 4.78 is 1.81. The Morgan fingerprint density at radius 3 is 2.83 bits per heavy atom. The zero-order chi connectivity index (χ0) is 15.8. The first-order valence-corrected chi connectivity index (χ1v) is 8.65. The highest BCUT2D eigenvalue weighted by Gasteiger charge is 2.25. The van der Waals surface area contributed by atoms with E-state index in [1.165, 1.54) is 10.5 Å². The molecule has 0 fully saturated rings. The summed E-state index contributed by atoms with van der Waals surface area (Å²) in [6, 6.07) is 16.1. The number of aromatic nitrogens is 2. The lowest BCUT2D eigenvalue weighted by molar-refractivity contribution is 0.619. The standard InChI is InChI=1S/C18H17N3OS/c1-12-6-8-14(9-7-12)23-11-13-10-19-18-20-16-5-3-2-4-15(16)17(22)21(13)18/h2-9,13H,10-11H2,1H3,(H,19,20)/t13-/m0/s1. The molecule has 4 nitrogen and oxygen atoms in total. The van der Waals surface area contributed by atoms with E-state index < -0.39 is 0 Å². The summed E-state index contributed by atoms with van der Waals surface area (Å²) in [5.41, 5.74) is 2.06. The van der Waals surface area contributed by atoms with Gasteiger partial charge in [-0.3, -0.25) is 9.36 Å². The molecule has 1 aromatic heterocycles. The van der Waals surface area contributed by atoms with E-state index in [9.17, 15) is 4.79 Å². The Morgan fingerprint density at radius 2 is 2.00 bits per heavy atom. The molecule has 0 unspecified atom stereocenters. The molecule has 0 saturated carbocycles. The van der Waals surface area contributed by atoms with Gasteiger partial charge in [0.05, 0.1) is 16.9 Å². The van der Waals surface area contributed by atoms with Gasteiger partial charge in [0.2, 0.25) is 5.95 Å². The molecule has 0 bridgehead atoms. The number of nitrogens with zero attached hydrogens (tertiary/aromatic N) is 2. The van der Waals surface area contributed by atoms with Gasteiger partial charge >= 0.3 is 0 Å². The number of nitrogens with one attached hydrogen (secondary N) is 1. The van der Waals surface area contributed by atoms with Crippen molar-refractivity contribution in [3.63, 3.8) is 0 Å². The van der Waals surface area contributed by atoms with Crippen LogP contribution in [0.2, 0.25) is 0 Å². The molecule has 1 atom stereocenters. The number of para-hydroxylation sites is 1. The van der Waals surface area contributed by atoms with Crippen molar-refractivity contribution < 1.29 is 0 Å². The zero-order valence-corrected chi connectivity index (χ0v) is 13.6. The molecule has 5 heteroatoms. The second-order valence-electron chi connectivity index (χ2n) is 5.79. The molecule has 2 heterocycles. The number of rotatable bonds is 3. The van der Waals surface area contributed by atoms with Crippen molar-refractivity contribution in [3.05, 3.63) is 64.4 Å². The molecule has 1 N–H and O–H groups in total. The van der Waals surface area contributed by atoms with Crippen LogP contribution in [0.25, 0.3) is 10.9 Å². The molecule has 0 amide bonds. The summed E-state index contributed by atoms with van der Waals surface area (Å²) in [4.78, 5) is 18.6. The van der Waals surface area contributed by atoms with Crippen molar-refractivity contribution in [3.8, 4) is 0 Å². The minimum Gasteiger partial charge on any atom is -0.353 e. The summed E-state index contributed by atoms with van der Waals surface area (Å²) in [6.07, 6.45) is 0. The Hall–Kier alpha value is -2.27. The van der Waals surface area contributed by atoms with Gasteiger partial charge in [-0.2, -0.15) is 0 Å². The van der Waals surface area contributed by atoms with Crippen molar-refractivity contribution in [2.45, 2.75) is 17.9 Å². The maximum Gasteiger partial charge on any atom is 0.263 e. The Labute approximate surface area is 138 Å². The third-order valence-corrected chi connectivity index (χ3v) is 5.29. The van der Waals surface area contributed by atoms with Crippen LogP contribution in [0.1, 0.15) is 11.6 Å². The van der Waals surface area contributed by atoms with E-state index in [0.29, 0.717) is 11.3 Å². The van der Waals surface area contributed by atoms with Gasteiger partial charge in [0.1, 0.15) is 0 Å². The lowest BCUT2D eigenvalue weighted by Crippen LogP contribution is -2.24. The van der Waals surface area contributed by atoms with Crippen molar-refractivity contribution in [2.24, 2.45) is 0 Å². The third kappa shape index (κ3) is 2.61. The third-order valence-electron chi connectivity index (χ3n) is 4.13. The van der Waals surface area contributed by atoms with Crippen molar-refractivity contribution in [1.82, 2.24) is 9.55 Å². The van der Waals surface area contributed by atoms with E-state index in [4.69, 9.17) is 0 Å². The van der Waals surface area contributed by atoms with Crippen molar-refractivity contribution in [1.29, 1.82) is 0 Å². The molecule has 2 aromatic carbocycles. The molecule has 4 rings (SSSR count). The van der Waals surface area contributed by atoms with Crippen LogP contribution in [0.4, 0.5) is 5.95 Å². The van der Waals surface area contributed by atoms with E-state index >= 15 is 0 Å². The topological polar surface area (TPSA) is 46.9 Å². The number of thioether (sulfide) groups is 1. The largest absolute Gasteiger partial charge is 0.353 e. The second kappa shape index (κ2) is 5.74. The van der Waals surface area contributed by atoms with Gasteiger partial charge in [-0.15, -0.1) is 11.8 Å². The molecule has 0 radical (unpaired) electrons. The number of hydrogen-bond donors (Lipinski definition) is 1. The molecule has 0 saturated heterocycles. The first-order chi connectivity index (χ1) is 11.2. The minimum absolute atomic E-state index is 0.0464. The Balaban J connectivity index is 1.63. The molecule has 0 aliphatic carbocycles. The normalized spacial score (nSPS) is 16.3. The summed E-state index contributed by atoms with van der Waals surface area (Å²) in [5, 5.41) is 3.95. The highest BCUT2D eigenvalue weighted by atomic mass is 32.2. The minimum atomic E-state index is 0.0464. The molecular weight excluding hydrogens is 306 g/mol. The van der Waals surface area contributed by atoms with Gasteiger partial charge in [-0.1, -0.05) is 29.8 Å². The van der Waals surface area contributed by atoms with Crippen LogP contribution in [0.5, 0.6) is 0 Å². The lowest BCUT2D eigenvalue weighted by atomic mass is 10.2. The molecule has 0 spiro atoms. The molecule has 116 valence electrons. The van der Waals surface area contributed by atoms with Crippen LogP contribution < -0.4 is 10.9 Å². The fourth-order valence-electron chi connectivity index (χ4n) is 2.87. The molecule has 1 aliphatic heterocycles. The molecule has 23 heavy (non-hydrogen) atoms. The number of hydrogen-bond acceptors (Lipinski definition) is 4. The first kappa shape index (κ1) is 14.3. The predicted molar refractivity (Wildman–Crippen MR) is 95.4 cm³/mol. The first-order valence-electron chi connectivity index (χ1n) is 7.67.